The first-order chi connectivity index (χ1) is 16.4. The van der Waals surface area contributed by atoms with Crippen LogP contribution in [0, 0.1) is 11.6 Å². The molecule has 2 aliphatic heterocycles. The number of aliphatic hydroxyl groups excluding tert-OH is 1. The van der Waals surface area contributed by atoms with Crippen molar-refractivity contribution in [3.05, 3.63) is 53.6 Å². The molecule has 1 fully saturated rings. The Bertz CT molecular complexity index is 1050. The van der Waals surface area contributed by atoms with E-state index in [2.05, 4.69) is 16.0 Å². The highest BCUT2D eigenvalue weighted by atomic mass is 19.1. The van der Waals surface area contributed by atoms with Crippen LogP contribution in [-0.2, 0) is 4.74 Å². The SMILES string of the molecule is O=C(NCC[C@H]1CC[C@@H](NC(=O)c2ccc3c(c2)OCO3)[C@@H](CO)O1)Nc1cc(F)ccc1F. The number of nitrogens with one attached hydrogen (secondary N) is 3. The molecule has 11 heteroatoms. The monoisotopic (exact) mass is 477 g/mol. The van der Waals surface area contributed by atoms with Crippen molar-refractivity contribution in [3.8, 4) is 11.5 Å². The minimum absolute atomic E-state index is 0.114. The van der Waals surface area contributed by atoms with Crippen molar-refractivity contribution < 1.29 is 37.7 Å². The highest BCUT2D eigenvalue weighted by molar-refractivity contribution is 5.95. The van der Waals surface area contributed by atoms with E-state index >= 15 is 0 Å². The smallest absolute Gasteiger partial charge is 0.319 e. The van der Waals surface area contributed by atoms with Gasteiger partial charge in [-0.25, -0.2) is 13.6 Å². The summed E-state index contributed by atoms with van der Waals surface area (Å²) in [5.74, 6) is -0.638. The summed E-state index contributed by atoms with van der Waals surface area (Å²) in [4.78, 5) is 24.6. The number of hydrogen-bond donors (Lipinski definition) is 4. The van der Waals surface area contributed by atoms with Gasteiger partial charge in [-0.1, -0.05) is 0 Å². The molecule has 2 aromatic carbocycles. The largest absolute Gasteiger partial charge is 0.454 e. The zero-order chi connectivity index (χ0) is 24.1. The Labute approximate surface area is 194 Å². The molecule has 3 atom stereocenters. The number of halogens is 2. The third-order valence-electron chi connectivity index (χ3n) is 5.68. The molecule has 4 N–H and O–H groups in total. The Hall–Kier alpha value is -3.44. The fraction of sp³-hybridized carbons (Fsp3) is 0.391. The normalized spacial score (nSPS) is 21.1. The van der Waals surface area contributed by atoms with Gasteiger partial charge in [0.15, 0.2) is 11.5 Å². The summed E-state index contributed by atoms with van der Waals surface area (Å²) >= 11 is 0. The van der Waals surface area contributed by atoms with Crippen LogP contribution in [0.4, 0.5) is 19.3 Å². The summed E-state index contributed by atoms with van der Waals surface area (Å²) in [6.45, 7) is 0.0538. The summed E-state index contributed by atoms with van der Waals surface area (Å²) in [5, 5.41) is 17.5. The molecule has 4 rings (SSSR count). The van der Waals surface area contributed by atoms with Gasteiger partial charge < -0.3 is 35.3 Å². The van der Waals surface area contributed by atoms with Crippen molar-refractivity contribution in [3.63, 3.8) is 0 Å². The van der Waals surface area contributed by atoms with E-state index in [0.717, 1.165) is 18.2 Å². The number of fused-ring (bicyclic) bond motifs is 1. The van der Waals surface area contributed by atoms with E-state index in [9.17, 15) is 23.5 Å². The third kappa shape index (κ3) is 5.72. The first-order valence-electron chi connectivity index (χ1n) is 10.9. The van der Waals surface area contributed by atoms with Crippen LogP contribution < -0.4 is 25.4 Å². The van der Waals surface area contributed by atoms with Crippen LogP contribution >= 0.6 is 0 Å². The van der Waals surface area contributed by atoms with Gasteiger partial charge in [-0.2, -0.15) is 0 Å². The van der Waals surface area contributed by atoms with Gasteiger partial charge in [0.05, 0.1) is 24.4 Å². The lowest BCUT2D eigenvalue weighted by atomic mass is 9.96. The highest BCUT2D eigenvalue weighted by Gasteiger charge is 2.32. The molecule has 1 saturated heterocycles. The second-order valence-corrected chi connectivity index (χ2v) is 8.00. The van der Waals surface area contributed by atoms with E-state index in [-0.39, 0.29) is 43.7 Å². The number of urea groups is 1. The maximum atomic E-state index is 13.6. The molecule has 2 heterocycles. The fourth-order valence-electron chi connectivity index (χ4n) is 3.91. The number of rotatable bonds is 7. The molecule has 0 aliphatic carbocycles. The Morgan fingerprint density at radius 3 is 2.71 bits per heavy atom. The summed E-state index contributed by atoms with van der Waals surface area (Å²) < 4.78 is 43.3. The standard InChI is InChI=1S/C23H25F2N3O6/c24-14-2-4-16(25)18(10-14)28-23(31)26-8-7-15-3-5-17(21(11-29)34-15)27-22(30)13-1-6-19-20(9-13)33-12-32-19/h1-2,4,6,9-10,15,17,21,29H,3,5,7-8,11-12H2,(H,27,30)(H2,26,28,31)/t15-,17-,21-/m1/s1. The molecule has 3 amide bonds. The van der Waals surface area contributed by atoms with Gasteiger partial charge in [0.1, 0.15) is 17.7 Å². The van der Waals surface area contributed by atoms with E-state index in [1.807, 2.05) is 0 Å². The van der Waals surface area contributed by atoms with E-state index < -0.39 is 23.8 Å². The molecule has 0 bridgehead atoms. The van der Waals surface area contributed by atoms with Crippen molar-refractivity contribution in [2.24, 2.45) is 0 Å². The van der Waals surface area contributed by atoms with Crippen LogP contribution in [0.15, 0.2) is 36.4 Å². The summed E-state index contributed by atoms with van der Waals surface area (Å²) in [6.07, 6.45) is 0.768. The Morgan fingerprint density at radius 1 is 1.06 bits per heavy atom. The second-order valence-electron chi connectivity index (χ2n) is 8.00. The predicted molar refractivity (Wildman–Crippen MR) is 117 cm³/mol. The van der Waals surface area contributed by atoms with E-state index in [0.29, 0.717) is 36.3 Å². The van der Waals surface area contributed by atoms with Gasteiger partial charge in [-0.15, -0.1) is 0 Å². The lowest BCUT2D eigenvalue weighted by Gasteiger charge is -2.36. The molecule has 0 saturated carbocycles. The third-order valence-corrected chi connectivity index (χ3v) is 5.68. The predicted octanol–water partition coefficient (Wildman–Crippen LogP) is 2.54. The van der Waals surface area contributed by atoms with Crippen molar-refractivity contribution in [1.29, 1.82) is 0 Å². The Morgan fingerprint density at radius 2 is 1.88 bits per heavy atom. The molecule has 9 nitrogen and oxygen atoms in total. The van der Waals surface area contributed by atoms with Crippen molar-refractivity contribution in [1.82, 2.24) is 10.6 Å². The average Bonchev–Trinajstić information content (AvgIpc) is 3.30. The first-order valence-corrected chi connectivity index (χ1v) is 10.9. The number of hydrogen-bond acceptors (Lipinski definition) is 6. The van der Waals surface area contributed by atoms with Crippen molar-refractivity contribution in [2.75, 3.05) is 25.3 Å². The van der Waals surface area contributed by atoms with Crippen molar-refractivity contribution >= 4 is 17.6 Å². The summed E-state index contributed by atoms with van der Waals surface area (Å²) in [7, 11) is 0. The molecule has 2 aliphatic rings. The Balaban J connectivity index is 1.23. The molecule has 0 unspecified atom stereocenters. The maximum absolute atomic E-state index is 13.6. The van der Waals surface area contributed by atoms with Crippen LogP contribution in [0.25, 0.3) is 0 Å². The summed E-state index contributed by atoms with van der Waals surface area (Å²) in [6, 6.07) is 6.63. The minimum Gasteiger partial charge on any atom is -0.454 e. The van der Waals surface area contributed by atoms with Gasteiger partial charge in [-0.3, -0.25) is 4.79 Å². The second kappa shape index (κ2) is 10.7. The maximum Gasteiger partial charge on any atom is 0.319 e. The van der Waals surface area contributed by atoms with E-state index in [1.165, 1.54) is 0 Å². The van der Waals surface area contributed by atoms with Crippen LogP contribution in [-0.4, -0.2) is 55.2 Å². The topological polar surface area (TPSA) is 118 Å². The number of carbonyl (C=O) groups excluding carboxylic acids is 2. The highest BCUT2D eigenvalue weighted by Crippen LogP contribution is 2.32. The molecule has 2 aromatic rings. The molecule has 34 heavy (non-hydrogen) atoms. The number of ether oxygens (including phenoxy) is 3. The van der Waals surface area contributed by atoms with Gasteiger partial charge in [0.25, 0.3) is 5.91 Å². The van der Waals surface area contributed by atoms with Gasteiger partial charge in [-0.05, 0) is 49.6 Å². The molecular weight excluding hydrogens is 452 g/mol. The average molecular weight is 477 g/mol. The molecule has 182 valence electrons. The van der Waals surface area contributed by atoms with Gasteiger partial charge in [0.2, 0.25) is 6.79 Å². The van der Waals surface area contributed by atoms with Crippen molar-refractivity contribution in [2.45, 2.75) is 37.5 Å². The number of amides is 3. The molecule has 0 radical (unpaired) electrons. The number of carbonyl (C=O) groups is 2. The summed E-state index contributed by atoms with van der Waals surface area (Å²) in [5.41, 5.74) is 0.154. The zero-order valence-electron chi connectivity index (χ0n) is 18.2. The molecule has 0 spiro atoms. The zero-order valence-corrected chi connectivity index (χ0v) is 18.2. The van der Waals surface area contributed by atoms with Crippen LogP contribution in [0.3, 0.4) is 0 Å². The lowest BCUT2D eigenvalue weighted by molar-refractivity contribution is -0.0892. The van der Waals surface area contributed by atoms with Crippen LogP contribution in [0.2, 0.25) is 0 Å². The number of benzene rings is 2. The fourth-order valence-corrected chi connectivity index (χ4v) is 3.91. The van der Waals surface area contributed by atoms with E-state index in [1.54, 1.807) is 18.2 Å². The van der Waals surface area contributed by atoms with Crippen LogP contribution in [0.5, 0.6) is 11.5 Å². The van der Waals surface area contributed by atoms with E-state index in [4.69, 9.17) is 14.2 Å². The minimum atomic E-state index is -0.744. The Kier molecular flexibility index (Phi) is 7.43. The van der Waals surface area contributed by atoms with Crippen LogP contribution in [0.1, 0.15) is 29.6 Å². The quantitative estimate of drug-likeness (QED) is 0.487. The van der Waals surface area contributed by atoms with Gasteiger partial charge in [0, 0.05) is 18.2 Å². The first kappa shape index (κ1) is 23.7. The lowest BCUT2D eigenvalue weighted by Crippen LogP contribution is -2.51. The number of anilines is 1. The molecule has 0 aromatic heterocycles. The van der Waals surface area contributed by atoms with Gasteiger partial charge >= 0.3 is 6.03 Å². The molecular formula is C23H25F2N3O6. The number of aliphatic hydroxyl groups is 1.